The molecular formula is C37H47O5. The molecule has 1 aliphatic carbocycles. The van der Waals surface area contributed by atoms with Crippen LogP contribution in [0.3, 0.4) is 0 Å². The van der Waals surface area contributed by atoms with Gasteiger partial charge in [-0.25, -0.2) is 0 Å². The first kappa shape index (κ1) is 30.9. The van der Waals surface area contributed by atoms with Crippen LogP contribution in [0, 0.1) is 11.8 Å². The lowest BCUT2D eigenvalue weighted by molar-refractivity contribution is -0.329. The molecule has 1 saturated heterocycles. The summed E-state index contributed by atoms with van der Waals surface area (Å²) < 4.78 is 33.3. The minimum Gasteiger partial charge on any atom is -0.368 e. The zero-order valence-corrected chi connectivity index (χ0v) is 25.4. The lowest BCUT2D eigenvalue weighted by Gasteiger charge is -2.46. The molecule has 0 aromatic heterocycles. The number of hydrogen-bond donors (Lipinski definition) is 0. The molecule has 1 saturated carbocycles. The summed E-state index contributed by atoms with van der Waals surface area (Å²) in [6.07, 6.45) is 4.24. The van der Waals surface area contributed by atoms with E-state index in [0.29, 0.717) is 25.7 Å². The van der Waals surface area contributed by atoms with Crippen molar-refractivity contribution < 1.29 is 23.7 Å². The fraction of sp³-hybridized carbons (Fsp3) is 0.486. The Labute approximate surface area is 252 Å². The number of ether oxygens (including phenoxy) is 5. The summed E-state index contributed by atoms with van der Waals surface area (Å²) in [5.41, 5.74) is 3.31. The zero-order chi connectivity index (χ0) is 29.1. The van der Waals surface area contributed by atoms with E-state index in [4.69, 9.17) is 23.7 Å². The molecule has 0 amide bonds. The maximum atomic E-state index is 6.77. The van der Waals surface area contributed by atoms with E-state index >= 15 is 0 Å². The van der Waals surface area contributed by atoms with Gasteiger partial charge in [0.25, 0.3) is 0 Å². The molecule has 2 fully saturated rings. The molecule has 1 radical (unpaired) electrons. The fourth-order valence-electron chi connectivity index (χ4n) is 6.10. The van der Waals surface area contributed by atoms with Crippen molar-refractivity contribution in [2.24, 2.45) is 5.92 Å². The van der Waals surface area contributed by atoms with Gasteiger partial charge < -0.3 is 23.7 Å². The van der Waals surface area contributed by atoms with Gasteiger partial charge in [-0.3, -0.25) is 0 Å². The van der Waals surface area contributed by atoms with Gasteiger partial charge in [-0.05, 0) is 55.2 Å². The third-order valence-corrected chi connectivity index (χ3v) is 8.78. The van der Waals surface area contributed by atoms with Gasteiger partial charge in [0.2, 0.25) is 0 Å². The van der Waals surface area contributed by atoms with Gasteiger partial charge in [-0.1, -0.05) is 117 Å². The lowest BCUT2D eigenvalue weighted by Crippen LogP contribution is -2.60. The second kappa shape index (κ2) is 15.8. The molecule has 42 heavy (non-hydrogen) atoms. The van der Waals surface area contributed by atoms with E-state index in [0.717, 1.165) is 16.7 Å². The highest BCUT2D eigenvalue weighted by Crippen LogP contribution is 2.37. The van der Waals surface area contributed by atoms with E-state index in [1.807, 2.05) is 54.6 Å². The Morgan fingerprint density at radius 2 is 1.07 bits per heavy atom. The van der Waals surface area contributed by atoms with Crippen molar-refractivity contribution in [3.63, 3.8) is 0 Å². The van der Waals surface area contributed by atoms with E-state index in [-0.39, 0.29) is 18.3 Å². The lowest BCUT2D eigenvalue weighted by atomic mass is 9.79. The predicted molar refractivity (Wildman–Crippen MR) is 165 cm³/mol. The van der Waals surface area contributed by atoms with Crippen LogP contribution in [0.15, 0.2) is 91.0 Å². The Morgan fingerprint density at radius 1 is 0.619 bits per heavy atom. The van der Waals surface area contributed by atoms with Crippen LogP contribution < -0.4 is 0 Å². The van der Waals surface area contributed by atoms with E-state index < -0.39 is 18.5 Å². The van der Waals surface area contributed by atoms with E-state index in [9.17, 15) is 0 Å². The molecule has 0 spiro atoms. The molecule has 0 N–H and O–H groups in total. The van der Waals surface area contributed by atoms with Crippen molar-refractivity contribution in [1.82, 2.24) is 0 Å². The van der Waals surface area contributed by atoms with Crippen molar-refractivity contribution in [1.29, 1.82) is 0 Å². The van der Waals surface area contributed by atoms with Crippen LogP contribution in [-0.2, 0) is 43.5 Å². The number of hydrogen-bond acceptors (Lipinski definition) is 5. The van der Waals surface area contributed by atoms with Gasteiger partial charge in [-0.15, -0.1) is 0 Å². The second-order valence-corrected chi connectivity index (χ2v) is 11.8. The Bertz CT molecular complexity index is 1150. The quantitative estimate of drug-likeness (QED) is 0.208. The van der Waals surface area contributed by atoms with Crippen molar-refractivity contribution in [3.05, 3.63) is 114 Å². The van der Waals surface area contributed by atoms with Crippen LogP contribution in [0.25, 0.3) is 0 Å². The molecule has 5 heteroatoms. The Kier molecular flexibility index (Phi) is 11.6. The largest absolute Gasteiger partial charge is 0.368 e. The summed E-state index contributed by atoms with van der Waals surface area (Å²) in [6, 6.07) is 30.8. The van der Waals surface area contributed by atoms with Gasteiger partial charge in [-0.2, -0.15) is 0 Å². The summed E-state index contributed by atoms with van der Waals surface area (Å²) in [5, 5.41) is 0. The van der Waals surface area contributed by atoms with Gasteiger partial charge >= 0.3 is 0 Å². The van der Waals surface area contributed by atoms with Crippen LogP contribution in [0.1, 0.15) is 69.6 Å². The van der Waals surface area contributed by atoms with Crippen molar-refractivity contribution in [3.8, 4) is 0 Å². The highest BCUT2D eigenvalue weighted by Gasteiger charge is 2.48. The standard InChI is InChI=1S/C37H47O5/c1-27(33-22-14-7-15-23-33)28(2)41-37-36(40-26-32-20-12-6-13-21-32)35(39-25-31-18-10-5-11-19-31)34(29(3)42-37)38-24-30-16-8-4-9-17-30/h4-6,8-13,16-21,27-29,34-37H,7,14-15,22-26H2,1-3H3/t27-,28-,29+,34-,35-,36+,37-/m1/s1. The van der Waals surface area contributed by atoms with Gasteiger partial charge in [0, 0.05) is 0 Å². The zero-order valence-electron chi connectivity index (χ0n) is 25.4. The van der Waals surface area contributed by atoms with Crippen LogP contribution >= 0.6 is 0 Å². The number of benzene rings is 3. The van der Waals surface area contributed by atoms with Crippen molar-refractivity contribution >= 4 is 0 Å². The molecule has 2 aliphatic rings. The van der Waals surface area contributed by atoms with Gasteiger partial charge in [0.15, 0.2) is 6.29 Å². The summed E-state index contributed by atoms with van der Waals surface area (Å²) >= 11 is 0. The SMILES string of the molecule is C[C@@H]1O[C@@H](O[C@H](C)[C@@H](C)[C]2CCCCC2)[C@@H](OCc2ccccc2)[C@H](OCc2ccccc2)[C@@H]1OCc1ccccc1. The van der Waals surface area contributed by atoms with Crippen LogP contribution in [-0.4, -0.2) is 36.8 Å². The maximum Gasteiger partial charge on any atom is 0.187 e. The normalized spacial score (nSPS) is 26.5. The minimum absolute atomic E-state index is 0.00492. The number of rotatable bonds is 13. The molecule has 225 valence electrons. The third kappa shape index (κ3) is 8.52. The van der Waals surface area contributed by atoms with E-state index in [1.54, 1.807) is 5.92 Å². The Hall–Kier alpha value is -2.54. The van der Waals surface area contributed by atoms with E-state index in [2.05, 4.69) is 57.2 Å². The van der Waals surface area contributed by atoms with Gasteiger partial charge in [0.05, 0.1) is 32.0 Å². The summed E-state index contributed by atoms with van der Waals surface area (Å²) in [5.74, 6) is 1.97. The molecule has 3 aromatic rings. The molecule has 3 aromatic carbocycles. The first-order valence-electron chi connectivity index (χ1n) is 15.7. The summed E-state index contributed by atoms with van der Waals surface area (Å²) in [7, 11) is 0. The smallest absolute Gasteiger partial charge is 0.187 e. The molecule has 7 atom stereocenters. The molecular weight excluding hydrogens is 524 g/mol. The average Bonchev–Trinajstić information content (AvgIpc) is 3.04. The summed E-state index contributed by atoms with van der Waals surface area (Å²) in [4.78, 5) is 0. The maximum absolute atomic E-state index is 6.77. The molecule has 5 nitrogen and oxygen atoms in total. The summed E-state index contributed by atoms with van der Waals surface area (Å²) in [6.45, 7) is 7.88. The van der Waals surface area contributed by atoms with Crippen LogP contribution in [0.5, 0.6) is 0 Å². The Morgan fingerprint density at radius 3 is 1.57 bits per heavy atom. The molecule has 5 rings (SSSR count). The molecule has 0 unspecified atom stereocenters. The fourth-order valence-corrected chi connectivity index (χ4v) is 6.10. The van der Waals surface area contributed by atoms with Crippen LogP contribution in [0.2, 0.25) is 0 Å². The van der Waals surface area contributed by atoms with Gasteiger partial charge in [0.1, 0.15) is 18.3 Å². The van der Waals surface area contributed by atoms with Crippen molar-refractivity contribution in [2.45, 2.75) is 110 Å². The predicted octanol–water partition coefficient (Wildman–Crippen LogP) is 8.07. The first-order valence-corrected chi connectivity index (χ1v) is 15.7. The molecule has 1 aliphatic heterocycles. The third-order valence-electron chi connectivity index (χ3n) is 8.78. The topological polar surface area (TPSA) is 46.2 Å². The Balaban J connectivity index is 1.38. The monoisotopic (exact) mass is 571 g/mol. The van der Waals surface area contributed by atoms with Crippen LogP contribution in [0.4, 0.5) is 0 Å². The van der Waals surface area contributed by atoms with E-state index in [1.165, 1.54) is 32.1 Å². The highest BCUT2D eigenvalue weighted by atomic mass is 16.7. The molecule has 1 heterocycles. The van der Waals surface area contributed by atoms with Crippen molar-refractivity contribution in [2.75, 3.05) is 0 Å². The minimum atomic E-state index is -0.581. The first-order chi connectivity index (χ1) is 20.6. The molecule has 0 bridgehead atoms. The second-order valence-electron chi connectivity index (χ2n) is 11.8. The highest BCUT2D eigenvalue weighted by molar-refractivity contribution is 5.15. The average molecular weight is 572 g/mol.